The Morgan fingerprint density at radius 2 is 1.94 bits per heavy atom. The smallest absolute Gasteiger partial charge is 0.277 e. The largest absolute Gasteiger partial charge is 0.383 e. The Bertz CT molecular complexity index is 436. The fraction of sp³-hybridized carbons (Fsp3) is 0.455. The van der Waals surface area contributed by atoms with Crippen molar-refractivity contribution in [3.05, 3.63) is 35.9 Å². The number of benzene rings is 1. The van der Waals surface area contributed by atoms with Crippen LogP contribution in [-0.2, 0) is 14.9 Å². The van der Waals surface area contributed by atoms with Crippen LogP contribution in [0.4, 0.5) is 0 Å². The first-order valence-corrected chi connectivity index (χ1v) is 7.07. The average Bonchev–Trinajstić information content (AvgIpc) is 2.37. The van der Waals surface area contributed by atoms with E-state index in [2.05, 4.69) is 9.44 Å². The first-order chi connectivity index (χ1) is 8.55. The van der Waals surface area contributed by atoms with Gasteiger partial charge in [-0.1, -0.05) is 30.3 Å². The second-order valence-electron chi connectivity index (χ2n) is 3.76. The molecule has 102 valence electrons. The highest BCUT2D eigenvalue weighted by atomic mass is 32.2. The topological polar surface area (TPSA) is 93.4 Å². The number of hydrogen-bond donors (Lipinski definition) is 3. The van der Waals surface area contributed by atoms with Crippen molar-refractivity contribution < 1.29 is 13.2 Å². The fourth-order valence-electron chi connectivity index (χ4n) is 1.35. The first kappa shape index (κ1) is 15.1. The predicted octanol–water partition coefficient (Wildman–Crippen LogP) is -0.243. The predicted molar refractivity (Wildman–Crippen MR) is 70.2 cm³/mol. The average molecular weight is 273 g/mol. The minimum absolute atomic E-state index is 0.145. The first-order valence-electron chi connectivity index (χ1n) is 5.59. The van der Waals surface area contributed by atoms with E-state index in [0.29, 0.717) is 6.61 Å². The monoisotopic (exact) mass is 273 g/mol. The quantitative estimate of drug-likeness (QED) is 0.570. The summed E-state index contributed by atoms with van der Waals surface area (Å²) in [4.78, 5) is 0. The van der Waals surface area contributed by atoms with Gasteiger partial charge in [0.1, 0.15) is 0 Å². The maximum absolute atomic E-state index is 11.5. The zero-order valence-corrected chi connectivity index (χ0v) is 11.1. The lowest BCUT2D eigenvalue weighted by molar-refractivity contribution is 0.204. The summed E-state index contributed by atoms with van der Waals surface area (Å²) in [5.74, 6) is 0. The van der Waals surface area contributed by atoms with Gasteiger partial charge in [0.05, 0.1) is 6.61 Å². The zero-order chi connectivity index (χ0) is 13.4. The summed E-state index contributed by atoms with van der Waals surface area (Å²) in [5, 5.41) is 0. The lowest BCUT2D eigenvalue weighted by atomic mass is 10.1. The van der Waals surface area contributed by atoms with Gasteiger partial charge < -0.3 is 10.5 Å². The summed E-state index contributed by atoms with van der Waals surface area (Å²) in [6.07, 6.45) is 0. The van der Waals surface area contributed by atoms with Crippen LogP contribution in [0.1, 0.15) is 11.6 Å². The van der Waals surface area contributed by atoms with Gasteiger partial charge in [0.2, 0.25) is 0 Å². The van der Waals surface area contributed by atoms with Crippen LogP contribution in [0.5, 0.6) is 0 Å². The number of methoxy groups -OCH3 is 1. The normalized spacial score (nSPS) is 13.4. The molecule has 1 aromatic rings. The second-order valence-corrected chi connectivity index (χ2v) is 5.34. The molecular weight excluding hydrogens is 254 g/mol. The Morgan fingerprint density at radius 3 is 2.56 bits per heavy atom. The molecule has 1 rings (SSSR count). The highest BCUT2D eigenvalue weighted by Gasteiger charge is 2.12. The summed E-state index contributed by atoms with van der Waals surface area (Å²) in [6.45, 7) is 0.699. The van der Waals surface area contributed by atoms with Crippen molar-refractivity contribution in [3.8, 4) is 0 Å². The van der Waals surface area contributed by atoms with Gasteiger partial charge in [-0.05, 0) is 5.56 Å². The minimum atomic E-state index is -3.52. The molecule has 0 aliphatic carbocycles. The number of ether oxygens (including phenoxy) is 1. The van der Waals surface area contributed by atoms with Gasteiger partial charge in [0.15, 0.2) is 0 Å². The van der Waals surface area contributed by atoms with Gasteiger partial charge in [-0.15, -0.1) is 0 Å². The molecule has 0 fully saturated rings. The molecule has 0 amide bonds. The lowest BCUT2D eigenvalue weighted by Crippen LogP contribution is -2.41. The number of rotatable bonds is 8. The third-order valence-electron chi connectivity index (χ3n) is 2.32. The summed E-state index contributed by atoms with van der Waals surface area (Å²) in [5.41, 5.74) is 6.76. The molecule has 0 aromatic heterocycles. The molecule has 0 saturated carbocycles. The zero-order valence-electron chi connectivity index (χ0n) is 10.3. The Balaban J connectivity index is 2.40. The molecule has 18 heavy (non-hydrogen) atoms. The Labute approximate surface area is 108 Å². The molecule has 0 spiro atoms. The van der Waals surface area contributed by atoms with Gasteiger partial charge in [0.25, 0.3) is 10.2 Å². The van der Waals surface area contributed by atoms with E-state index in [1.54, 1.807) is 0 Å². The maximum Gasteiger partial charge on any atom is 0.277 e. The van der Waals surface area contributed by atoms with Crippen LogP contribution in [0, 0.1) is 0 Å². The minimum Gasteiger partial charge on any atom is -0.383 e. The standard InChI is InChI=1S/C11H19N3O3S/c1-17-8-7-13-18(15,16)14-9-11(12)10-5-3-2-4-6-10/h2-6,11,13-14H,7-9,12H2,1H3. The molecule has 1 aromatic carbocycles. The Hall–Kier alpha value is -0.990. The summed E-state index contributed by atoms with van der Waals surface area (Å²) >= 11 is 0. The Kier molecular flexibility index (Phi) is 6.23. The molecule has 7 heteroatoms. The highest BCUT2D eigenvalue weighted by molar-refractivity contribution is 7.87. The van der Waals surface area contributed by atoms with Crippen LogP contribution in [0.3, 0.4) is 0 Å². The van der Waals surface area contributed by atoms with E-state index < -0.39 is 10.2 Å². The van der Waals surface area contributed by atoms with Crippen LogP contribution in [0.25, 0.3) is 0 Å². The van der Waals surface area contributed by atoms with Crippen LogP contribution < -0.4 is 15.2 Å². The van der Waals surface area contributed by atoms with Crippen LogP contribution in [0.15, 0.2) is 30.3 Å². The summed E-state index contributed by atoms with van der Waals surface area (Å²) in [6, 6.07) is 8.95. The molecule has 0 bridgehead atoms. The second kappa shape index (κ2) is 7.45. The third kappa shape index (κ3) is 5.56. The molecule has 1 atom stereocenters. The van der Waals surface area contributed by atoms with E-state index in [-0.39, 0.29) is 19.1 Å². The van der Waals surface area contributed by atoms with E-state index in [9.17, 15) is 8.42 Å². The lowest BCUT2D eigenvalue weighted by Gasteiger charge is -2.13. The number of nitrogens with two attached hydrogens (primary N) is 1. The number of nitrogens with one attached hydrogen (secondary N) is 2. The van der Waals surface area contributed by atoms with Crippen LogP contribution in [0.2, 0.25) is 0 Å². The number of hydrogen-bond acceptors (Lipinski definition) is 4. The van der Waals surface area contributed by atoms with E-state index in [1.165, 1.54) is 7.11 Å². The molecule has 1 unspecified atom stereocenters. The summed E-state index contributed by atoms with van der Waals surface area (Å²) < 4.78 is 32.5. The van der Waals surface area contributed by atoms with Crippen molar-refractivity contribution in [1.82, 2.24) is 9.44 Å². The molecule has 0 aliphatic heterocycles. The van der Waals surface area contributed by atoms with E-state index in [4.69, 9.17) is 10.5 Å². The fourth-order valence-corrected chi connectivity index (χ4v) is 2.20. The van der Waals surface area contributed by atoms with Gasteiger partial charge in [-0.3, -0.25) is 0 Å². The van der Waals surface area contributed by atoms with Crippen molar-refractivity contribution in [1.29, 1.82) is 0 Å². The van der Waals surface area contributed by atoms with E-state index in [0.717, 1.165) is 5.56 Å². The van der Waals surface area contributed by atoms with Crippen LogP contribution in [-0.4, -0.2) is 35.2 Å². The van der Waals surface area contributed by atoms with Gasteiger partial charge in [-0.2, -0.15) is 13.1 Å². The molecule has 0 heterocycles. The van der Waals surface area contributed by atoms with Crippen molar-refractivity contribution in [2.45, 2.75) is 6.04 Å². The SMILES string of the molecule is COCCNS(=O)(=O)NCC(N)c1ccccc1. The van der Waals surface area contributed by atoms with Crippen molar-refractivity contribution in [2.24, 2.45) is 5.73 Å². The molecule has 0 aliphatic rings. The molecule has 0 radical (unpaired) electrons. The van der Waals surface area contributed by atoms with E-state index in [1.807, 2.05) is 30.3 Å². The van der Waals surface area contributed by atoms with E-state index >= 15 is 0 Å². The van der Waals surface area contributed by atoms with Gasteiger partial charge in [-0.25, -0.2) is 4.72 Å². The maximum atomic E-state index is 11.5. The Morgan fingerprint density at radius 1 is 1.28 bits per heavy atom. The van der Waals surface area contributed by atoms with Gasteiger partial charge in [0, 0.05) is 26.2 Å². The third-order valence-corrected chi connectivity index (χ3v) is 3.45. The highest BCUT2D eigenvalue weighted by Crippen LogP contribution is 2.07. The molecule has 4 N–H and O–H groups in total. The molecular formula is C11H19N3O3S. The molecule has 0 saturated heterocycles. The van der Waals surface area contributed by atoms with Crippen molar-refractivity contribution in [3.63, 3.8) is 0 Å². The van der Waals surface area contributed by atoms with Crippen molar-refractivity contribution >= 4 is 10.2 Å². The molecule has 6 nitrogen and oxygen atoms in total. The van der Waals surface area contributed by atoms with Crippen molar-refractivity contribution in [2.75, 3.05) is 26.8 Å². The van der Waals surface area contributed by atoms with Crippen LogP contribution >= 0.6 is 0 Å². The van der Waals surface area contributed by atoms with Gasteiger partial charge >= 0.3 is 0 Å². The summed E-state index contributed by atoms with van der Waals surface area (Å²) in [7, 11) is -2.01.